The minimum atomic E-state index is -0.793. The molecule has 1 aliphatic heterocycles. The van der Waals surface area contributed by atoms with Crippen LogP contribution in [0.3, 0.4) is 0 Å². The van der Waals surface area contributed by atoms with Gasteiger partial charge in [0, 0.05) is 0 Å². The lowest BCUT2D eigenvalue weighted by Crippen LogP contribution is -2.54. The zero-order valence-corrected chi connectivity index (χ0v) is 15.1. The van der Waals surface area contributed by atoms with Gasteiger partial charge in [0.15, 0.2) is 0 Å². The largest absolute Gasteiger partial charge is 0.497 e. The van der Waals surface area contributed by atoms with E-state index >= 15 is 0 Å². The number of hydrogen-bond donors (Lipinski definition) is 1. The van der Waals surface area contributed by atoms with Gasteiger partial charge in [-0.05, 0) is 60.5 Å². The Morgan fingerprint density at radius 2 is 1.56 bits per heavy atom. The van der Waals surface area contributed by atoms with Crippen molar-refractivity contribution in [2.75, 3.05) is 19.1 Å². The molecule has 3 rings (SSSR count). The Kier molecular flexibility index (Phi) is 4.94. The average Bonchev–Trinajstić information content (AvgIpc) is 2.66. The van der Waals surface area contributed by atoms with Gasteiger partial charge in [0.2, 0.25) is 0 Å². The lowest BCUT2D eigenvalue weighted by molar-refractivity contribution is -0.122. The highest BCUT2D eigenvalue weighted by Gasteiger charge is 2.36. The number of amides is 4. The van der Waals surface area contributed by atoms with Gasteiger partial charge < -0.3 is 9.47 Å². The molecule has 1 aliphatic rings. The van der Waals surface area contributed by atoms with Crippen LogP contribution in [0.2, 0.25) is 0 Å². The number of rotatable bonds is 4. The van der Waals surface area contributed by atoms with Crippen LogP contribution >= 0.6 is 0 Å². The molecule has 0 unspecified atom stereocenters. The van der Waals surface area contributed by atoms with E-state index in [1.807, 2.05) is 6.92 Å². The van der Waals surface area contributed by atoms with E-state index in [4.69, 9.17) is 9.47 Å². The van der Waals surface area contributed by atoms with E-state index in [1.54, 1.807) is 49.6 Å². The molecule has 0 bridgehead atoms. The van der Waals surface area contributed by atoms with E-state index in [0.29, 0.717) is 22.7 Å². The lowest BCUT2D eigenvalue weighted by Gasteiger charge is -2.26. The molecule has 1 N–H and O–H groups in total. The summed E-state index contributed by atoms with van der Waals surface area (Å²) >= 11 is 0. The number of carbonyl (C=O) groups excluding carboxylic acids is 3. The molecular weight excluding hydrogens is 348 g/mol. The molecule has 7 nitrogen and oxygen atoms in total. The maximum Gasteiger partial charge on any atom is 0.335 e. The third-order valence-corrected chi connectivity index (χ3v) is 4.21. The molecule has 0 aliphatic carbocycles. The number of benzene rings is 2. The number of nitrogens with zero attached hydrogens (tertiary/aromatic N) is 1. The average molecular weight is 366 g/mol. The van der Waals surface area contributed by atoms with Crippen molar-refractivity contribution in [1.29, 1.82) is 0 Å². The molecule has 1 fully saturated rings. The van der Waals surface area contributed by atoms with Gasteiger partial charge >= 0.3 is 6.03 Å². The van der Waals surface area contributed by atoms with E-state index in [9.17, 15) is 14.4 Å². The first-order chi connectivity index (χ1) is 12.9. The predicted molar refractivity (Wildman–Crippen MR) is 99.7 cm³/mol. The quantitative estimate of drug-likeness (QED) is 0.664. The van der Waals surface area contributed by atoms with E-state index < -0.39 is 17.8 Å². The molecule has 138 valence electrons. The molecular formula is C20H18N2O5. The molecule has 0 spiro atoms. The fraction of sp³-hybridized carbons (Fsp3) is 0.150. The zero-order chi connectivity index (χ0) is 19.6. The van der Waals surface area contributed by atoms with Crippen molar-refractivity contribution < 1.29 is 23.9 Å². The maximum atomic E-state index is 12.9. The summed E-state index contributed by atoms with van der Waals surface area (Å²) in [4.78, 5) is 38.2. The highest BCUT2D eigenvalue weighted by molar-refractivity contribution is 6.39. The molecule has 0 atom stereocenters. The van der Waals surface area contributed by atoms with Crippen LogP contribution in [0, 0.1) is 6.92 Å². The topological polar surface area (TPSA) is 84.9 Å². The van der Waals surface area contributed by atoms with Crippen molar-refractivity contribution >= 4 is 29.6 Å². The van der Waals surface area contributed by atoms with Crippen molar-refractivity contribution in [2.24, 2.45) is 0 Å². The first kappa shape index (κ1) is 18.2. The van der Waals surface area contributed by atoms with Gasteiger partial charge in [-0.15, -0.1) is 0 Å². The summed E-state index contributed by atoms with van der Waals surface area (Å²) in [5.41, 5.74) is 1.72. The van der Waals surface area contributed by atoms with Gasteiger partial charge in [0.25, 0.3) is 11.8 Å². The van der Waals surface area contributed by atoms with Gasteiger partial charge in [-0.1, -0.05) is 6.07 Å². The van der Waals surface area contributed by atoms with Crippen LogP contribution in [0.5, 0.6) is 11.5 Å². The standard InChI is InChI=1S/C20H18N2O5/c1-12-10-16(27-3)7-4-13(12)11-17-18(23)21-20(25)22(19(17)24)14-5-8-15(26-2)9-6-14/h4-11H,1-3H3,(H,21,23,25)/b17-11-. The summed E-state index contributed by atoms with van der Waals surface area (Å²) in [6, 6.07) is 10.9. The van der Waals surface area contributed by atoms with E-state index in [-0.39, 0.29) is 5.57 Å². The number of barbiturate groups is 1. The Labute approximate surface area is 156 Å². The maximum absolute atomic E-state index is 12.9. The van der Waals surface area contributed by atoms with Crippen LogP contribution in [-0.4, -0.2) is 32.1 Å². The monoisotopic (exact) mass is 366 g/mol. The molecule has 1 heterocycles. The molecule has 4 amide bonds. The van der Waals surface area contributed by atoms with Gasteiger partial charge in [-0.25, -0.2) is 9.69 Å². The first-order valence-corrected chi connectivity index (χ1v) is 8.14. The van der Waals surface area contributed by atoms with Crippen LogP contribution in [0.25, 0.3) is 6.08 Å². The van der Waals surface area contributed by atoms with Crippen molar-refractivity contribution in [3.8, 4) is 11.5 Å². The number of imide groups is 2. The van der Waals surface area contributed by atoms with Gasteiger partial charge in [-0.2, -0.15) is 0 Å². The summed E-state index contributed by atoms with van der Waals surface area (Å²) in [5, 5.41) is 2.20. The number of ether oxygens (including phenoxy) is 2. The molecule has 0 radical (unpaired) electrons. The molecule has 1 saturated heterocycles. The van der Waals surface area contributed by atoms with Crippen LogP contribution in [0.1, 0.15) is 11.1 Å². The van der Waals surface area contributed by atoms with E-state index in [0.717, 1.165) is 10.5 Å². The van der Waals surface area contributed by atoms with Crippen LogP contribution in [-0.2, 0) is 9.59 Å². The van der Waals surface area contributed by atoms with Crippen molar-refractivity contribution in [2.45, 2.75) is 6.92 Å². The third-order valence-electron chi connectivity index (χ3n) is 4.21. The summed E-state index contributed by atoms with van der Waals surface area (Å²) in [5.74, 6) is -0.164. The molecule has 7 heteroatoms. The summed E-state index contributed by atoms with van der Waals surface area (Å²) < 4.78 is 10.2. The highest BCUT2D eigenvalue weighted by atomic mass is 16.5. The highest BCUT2D eigenvalue weighted by Crippen LogP contribution is 2.25. The second-order valence-corrected chi connectivity index (χ2v) is 5.88. The molecule has 0 aromatic heterocycles. The van der Waals surface area contributed by atoms with E-state index in [1.165, 1.54) is 13.2 Å². The predicted octanol–water partition coefficient (Wildman–Crippen LogP) is 2.68. The van der Waals surface area contributed by atoms with Crippen LogP contribution in [0.15, 0.2) is 48.0 Å². The van der Waals surface area contributed by atoms with Gasteiger partial charge in [0.1, 0.15) is 17.1 Å². The molecule has 2 aromatic rings. The number of aryl methyl sites for hydroxylation is 1. The Balaban J connectivity index is 1.99. The number of urea groups is 1. The summed E-state index contributed by atoms with van der Waals surface area (Å²) in [7, 11) is 3.08. The van der Waals surface area contributed by atoms with Gasteiger partial charge in [0.05, 0.1) is 19.9 Å². The number of hydrogen-bond acceptors (Lipinski definition) is 5. The second-order valence-electron chi connectivity index (χ2n) is 5.88. The zero-order valence-electron chi connectivity index (χ0n) is 15.1. The lowest BCUT2D eigenvalue weighted by atomic mass is 10.0. The fourth-order valence-electron chi connectivity index (χ4n) is 2.72. The fourth-order valence-corrected chi connectivity index (χ4v) is 2.72. The summed E-state index contributed by atoms with van der Waals surface area (Å²) in [6.07, 6.45) is 1.47. The minimum absolute atomic E-state index is 0.126. The minimum Gasteiger partial charge on any atom is -0.497 e. The Bertz CT molecular complexity index is 947. The van der Waals surface area contributed by atoms with Crippen molar-refractivity contribution in [3.63, 3.8) is 0 Å². The molecule has 0 saturated carbocycles. The molecule has 2 aromatic carbocycles. The smallest absolute Gasteiger partial charge is 0.335 e. The van der Waals surface area contributed by atoms with Crippen LogP contribution in [0.4, 0.5) is 10.5 Å². The van der Waals surface area contributed by atoms with Crippen molar-refractivity contribution in [3.05, 3.63) is 59.2 Å². The number of nitrogens with one attached hydrogen (secondary N) is 1. The Morgan fingerprint density at radius 1 is 0.926 bits per heavy atom. The molecule has 27 heavy (non-hydrogen) atoms. The Morgan fingerprint density at radius 3 is 2.15 bits per heavy atom. The normalized spacial score (nSPS) is 15.7. The number of carbonyl (C=O) groups is 3. The van der Waals surface area contributed by atoms with Crippen LogP contribution < -0.4 is 19.7 Å². The number of methoxy groups -OCH3 is 2. The SMILES string of the molecule is COc1ccc(N2C(=O)NC(=O)/C(=C/c3ccc(OC)cc3C)C2=O)cc1. The summed E-state index contributed by atoms with van der Waals surface area (Å²) in [6.45, 7) is 1.84. The third kappa shape index (κ3) is 3.52. The van der Waals surface area contributed by atoms with Gasteiger partial charge in [-0.3, -0.25) is 14.9 Å². The second kappa shape index (κ2) is 7.33. The van der Waals surface area contributed by atoms with Crippen molar-refractivity contribution in [1.82, 2.24) is 5.32 Å². The Hall–Kier alpha value is -3.61. The first-order valence-electron chi connectivity index (χ1n) is 8.14. The van der Waals surface area contributed by atoms with E-state index in [2.05, 4.69) is 5.32 Å². The number of anilines is 1.